The second kappa shape index (κ2) is 9.03. The van der Waals surface area contributed by atoms with Gasteiger partial charge in [-0.1, -0.05) is 35.8 Å². The average Bonchev–Trinajstić information content (AvgIpc) is 3.24. The third-order valence-corrected chi connectivity index (χ3v) is 6.47. The van der Waals surface area contributed by atoms with Crippen LogP contribution in [0.3, 0.4) is 0 Å². The summed E-state index contributed by atoms with van der Waals surface area (Å²) in [7, 11) is 0. The molecule has 0 saturated carbocycles. The average molecular weight is 469 g/mol. The first-order valence-electron chi connectivity index (χ1n) is 11.1. The Morgan fingerprint density at radius 3 is 2.73 bits per heavy atom. The smallest absolute Gasteiger partial charge is 0.268 e. The van der Waals surface area contributed by atoms with E-state index in [0.717, 1.165) is 29.8 Å². The molecule has 2 aliphatic heterocycles. The number of ether oxygens (including phenoxy) is 1. The van der Waals surface area contributed by atoms with E-state index in [1.165, 1.54) is 4.90 Å². The van der Waals surface area contributed by atoms with Gasteiger partial charge >= 0.3 is 0 Å². The van der Waals surface area contributed by atoms with Crippen LogP contribution in [-0.2, 0) is 16.1 Å². The van der Waals surface area contributed by atoms with Crippen molar-refractivity contribution in [1.29, 1.82) is 0 Å². The molecule has 0 N–H and O–H groups in total. The van der Waals surface area contributed by atoms with Gasteiger partial charge in [-0.3, -0.25) is 19.4 Å². The molecule has 3 heterocycles. The molecule has 5 rings (SSSR count). The van der Waals surface area contributed by atoms with Gasteiger partial charge in [0, 0.05) is 43.1 Å². The highest BCUT2D eigenvalue weighted by molar-refractivity contribution is 6.31. The summed E-state index contributed by atoms with van der Waals surface area (Å²) in [5, 5.41) is 5.72. The van der Waals surface area contributed by atoms with Gasteiger partial charge < -0.3 is 14.2 Å². The third-order valence-electron chi connectivity index (χ3n) is 6.24. The highest BCUT2D eigenvalue weighted by atomic mass is 35.5. The number of fused-ring (bicyclic) bond motifs is 2. The predicted molar refractivity (Wildman–Crippen MR) is 124 cm³/mol. The number of carbonyl (C=O) groups is 2. The number of hydrogen-bond donors (Lipinski definition) is 0. The number of benzene rings is 2. The van der Waals surface area contributed by atoms with Crippen LogP contribution in [0.2, 0.25) is 5.02 Å². The highest BCUT2D eigenvalue weighted by Gasteiger charge is 2.35. The molecule has 1 aromatic heterocycles. The summed E-state index contributed by atoms with van der Waals surface area (Å²) in [4.78, 5) is 31.6. The zero-order valence-corrected chi connectivity index (χ0v) is 19.1. The van der Waals surface area contributed by atoms with Gasteiger partial charge in [0.05, 0.1) is 5.69 Å². The number of anilines is 1. The first-order valence-corrected chi connectivity index (χ1v) is 11.5. The molecule has 3 aromatic rings. The Kier molecular flexibility index (Phi) is 5.95. The molecule has 1 atom stereocenters. The van der Waals surface area contributed by atoms with E-state index in [-0.39, 0.29) is 18.4 Å². The fourth-order valence-electron chi connectivity index (χ4n) is 4.37. The largest absolute Gasteiger partial charge is 0.478 e. The van der Waals surface area contributed by atoms with Gasteiger partial charge in [0.2, 0.25) is 5.91 Å². The van der Waals surface area contributed by atoms with E-state index >= 15 is 0 Å². The third kappa shape index (κ3) is 4.28. The first kappa shape index (κ1) is 21.7. The number of para-hydroxylation sites is 1. The number of hydrogen-bond acceptors (Lipinski definition) is 6. The fourth-order valence-corrected chi connectivity index (χ4v) is 4.54. The molecule has 172 valence electrons. The van der Waals surface area contributed by atoms with E-state index in [9.17, 15) is 9.59 Å². The number of piperazine rings is 1. The van der Waals surface area contributed by atoms with Gasteiger partial charge in [-0.2, -0.15) is 0 Å². The lowest BCUT2D eigenvalue weighted by Crippen LogP contribution is -2.54. The molecule has 2 aromatic carbocycles. The number of carbonyl (C=O) groups excluding carboxylic acids is 2. The fraction of sp³-hybridized carbons (Fsp3) is 0.375. The van der Waals surface area contributed by atoms with Gasteiger partial charge in [-0.05, 0) is 36.8 Å². The van der Waals surface area contributed by atoms with Crippen molar-refractivity contribution in [3.63, 3.8) is 0 Å². The van der Waals surface area contributed by atoms with Crippen LogP contribution < -0.4 is 9.64 Å². The Labute approximate surface area is 196 Å². The summed E-state index contributed by atoms with van der Waals surface area (Å²) in [6, 6.07) is 13.0. The Bertz CT molecular complexity index is 1190. The maximum Gasteiger partial charge on any atom is 0.268 e. The van der Waals surface area contributed by atoms with Crippen LogP contribution in [0, 0.1) is 0 Å². The van der Waals surface area contributed by atoms with Crippen LogP contribution in [0.15, 0.2) is 47.0 Å². The lowest BCUT2D eigenvalue weighted by atomic mass is 10.1. The molecule has 8 nitrogen and oxygen atoms in total. The lowest BCUT2D eigenvalue weighted by molar-refractivity contribution is -0.134. The SMILES string of the molecule is CCC1Oc2ccc(Cl)cc2N(CC(=O)N2CCN(Cc3noc4ccccc34)CC2)C1=O. The second-order valence-corrected chi connectivity index (χ2v) is 8.77. The van der Waals surface area contributed by atoms with Gasteiger partial charge in [0.1, 0.15) is 18.0 Å². The van der Waals surface area contributed by atoms with Crippen molar-refractivity contribution in [1.82, 2.24) is 15.0 Å². The summed E-state index contributed by atoms with van der Waals surface area (Å²) in [5.74, 6) is 0.276. The second-order valence-electron chi connectivity index (χ2n) is 8.33. The van der Waals surface area contributed by atoms with Gasteiger partial charge in [0.25, 0.3) is 5.91 Å². The summed E-state index contributed by atoms with van der Waals surface area (Å²) in [6.45, 7) is 5.17. The molecule has 2 amide bonds. The molecule has 0 spiro atoms. The minimum atomic E-state index is -0.597. The first-order chi connectivity index (χ1) is 16.0. The summed E-state index contributed by atoms with van der Waals surface area (Å²) < 4.78 is 11.2. The Balaban J connectivity index is 1.23. The minimum Gasteiger partial charge on any atom is -0.478 e. The van der Waals surface area contributed by atoms with Crippen LogP contribution in [-0.4, -0.2) is 65.6 Å². The van der Waals surface area contributed by atoms with E-state index in [1.54, 1.807) is 18.2 Å². The van der Waals surface area contributed by atoms with E-state index in [4.69, 9.17) is 20.9 Å². The molecule has 1 fully saturated rings. The van der Waals surface area contributed by atoms with Crippen molar-refractivity contribution in [2.45, 2.75) is 26.0 Å². The van der Waals surface area contributed by atoms with Crippen LogP contribution in [0.5, 0.6) is 5.75 Å². The van der Waals surface area contributed by atoms with Crippen molar-refractivity contribution < 1.29 is 18.8 Å². The maximum atomic E-state index is 13.1. The molecule has 2 aliphatic rings. The molecule has 0 bridgehead atoms. The zero-order valence-electron chi connectivity index (χ0n) is 18.4. The molecule has 0 radical (unpaired) electrons. The predicted octanol–water partition coefficient (Wildman–Crippen LogP) is 3.33. The number of rotatable bonds is 5. The normalized spacial score (nSPS) is 19.0. The maximum absolute atomic E-state index is 13.1. The number of amides is 2. The van der Waals surface area contributed by atoms with Crippen LogP contribution in [0.4, 0.5) is 5.69 Å². The number of halogens is 1. The number of nitrogens with zero attached hydrogens (tertiary/aromatic N) is 4. The van der Waals surface area contributed by atoms with Gasteiger partial charge in [-0.25, -0.2) is 0 Å². The quantitative estimate of drug-likeness (QED) is 0.571. The summed E-state index contributed by atoms with van der Waals surface area (Å²) >= 11 is 6.15. The van der Waals surface area contributed by atoms with Crippen LogP contribution in [0.1, 0.15) is 19.0 Å². The zero-order chi connectivity index (χ0) is 22.9. The van der Waals surface area contributed by atoms with Crippen molar-refractivity contribution in [3.8, 4) is 5.75 Å². The topological polar surface area (TPSA) is 79.1 Å². The van der Waals surface area contributed by atoms with E-state index in [1.807, 2.05) is 36.1 Å². The van der Waals surface area contributed by atoms with E-state index < -0.39 is 6.10 Å². The van der Waals surface area contributed by atoms with Crippen molar-refractivity contribution in [3.05, 3.63) is 53.2 Å². The standard InChI is InChI=1S/C24H25ClN4O4/c1-2-20-24(31)29(19-13-16(25)7-8-22(19)32-20)15-23(30)28-11-9-27(10-12-28)14-18-17-5-3-4-6-21(17)33-26-18/h3-8,13,20H,2,9-12,14-15H2,1H3. The molecule has 1 saturated heterocycles. The molecule has 33 heavy (non-hydrogen) atoms. The lowest BCUT2D eigenvalue weighted by Gasteiger charge is -2.37. The van der Waals surface area contributed by atoms with Crippen molar-refractivity contribution in [2.24, 2.45) is 0 Å². The molecule has 0 aliphatic carbocycles. The summed E-state index contributed by atoms with van der Waals surface area (Å²) in [5.41, 5.74) is 2.23. The Morgan fingerprint density at radius 1 is 1.15 bits per heavy atom. The molecular weight excluding hydrogens is 444 g/mol. The van der Waals surface area contributed by atoms with Crippen molar-refractivity contribution >= 4 is 40.1 Å². The van der Waals surface area contributed by atoms with Crippen molar-refractivity contribution in [2.75, 3.05) is 37.6 Å². The van der Waals surface area contributed by atoms with E-state index in [0.29, 0.717) is 42.5 Å². The minimum absolute atomic E-state index is 0.0278. The number of aromatic nitrogens is 1. The monoisotopic (exact) mass is 468 g/mol. The van der Waals surface area contributed by atoms with Gasteiger partial charge in [0.15, 0.2) is 11.7 Å². The van der Waals surface area contributed by atoms with E-state index in [2.05, 4.69) is 10.1 Å². The molecule has 9 heteroatoms. The highest BCUT2D eigenvalue weighted by Crippen LogP contribution is 2.36. The summed E-state index contributed by atoms with van der Waals surface area (Å²) in [6.07, 6.45) is -0.0679. The Hall–Kier alpha value is -3.10. The van der Waals surface area contributed by atoms with Crippen LogP contribution in [0.25, 0.3) is 11.0 Å². The van der Waals surface area contributed by atoms with Crippen LogP contribution >= 0.6 is 11.6 Å². The molecular formula is C24H25ClN4O4. The van der Waals surface area contributed by atoms with Gasteiger partial charge in [-0.15, -0.1) is 0 Å². The Morgan fingerprint density at radius 2 is 1.94 bits per heavy atom. The molecule has 1 unspecified atom stereocenters.